The van der Waals surface area contributed by atoms with Crippen LogP contribution in [0.15, 0.2) is 70.9 Å². The predicted molar refractivity (Wildman–Crippen MR) is 109 cm³/mol. The van der Waals surface area contributed by atoms with Gasteiger partial charge in [-0.2, -0.15) is 5.10 Å². The molecule has 3 rings (SSSR count). The van der Waals surface area contributed by atoms with Gasteiger partial charge in [0.25, 0.3) is 5.91 Å². The van der Waals surface area contributed by atoms with Crippen molar-refractivity contribution in [3.05, 3.63) is 66.2 Å². The van der Waals surface area contributed by atoms with Gasteiger partial charge in [0.05, 0.1) is 11.5 Å². The zero-order valence-electron chi connectivity index (χ0n) is 15.3. The Morgan fingerprint density at radius 2 is 1.74 bits per heavy atom. The van der Waals surface area contributed by atoms with E-state index in [2.05, 4.69) is 20.7 Å². The Labute approximate surface area is 162 Å². The number of carbonyl (C=O) groups is 1. The highest BCUT2D eigenvalue weighted by molar-refractivity contribution is 7.99. The molecule has 0 atom stereocenters. The van der Waals surface area contributed by atoms with Gasteiger partial charge in [-0.3, -0.25) is 4.79 Å². The Bertz CT molecular complexity index is 922. The minimum Gasteiger partial charge on any atom is -0.305 e. The van der Waals surface area contributed by atoms with Crippen LogP contribution in [0, 0.1) is 0 Å². The molecule has 0 unspecified atom stereocenters. The molecule has 0 fully saturated rings. The van der Waals surface area contributed by atoms with E-state index in [1.165, 1.54) is 11.8 Å². The summed E-state index contributed by atoms with van der Waals surface area (Å²) in [5.41, 5.74) is 5.48. The zero-order chi connectivity index (χ0) is 19.1. The molecule has 0 aliphatic rings. The molecular formula is C20H21N5OS. The average Bonchev–Trinajstić information content (AvgIpc) is 3.09. The van der Waals surface area contributed by atoms with E-state index in [1.54, 1.807) is 0 Å². The normalized spacial score (nSPS) is 11.4. The third-order valence-corrected chi connectivity index (χ3v) is 4.98. The van der Waals surface area contributed by atoms with Crippen molar-refractivity contribution in [2.24, 2.45) is 12.1 Å². The lowest BCUT2D eigenvalue weighted by Crippen LogP contribution is -2.22. The lowest BCUT2D eigenvalue weighted by atomic mass is 10.1. The molecule has 3 aromatic rings. The summed E-state index contributed by atoms with van der Waals surface area (Å²) < 4.78 is 1.89. The highest BCUT2D eigenvalue weighted by Crippen LogP contribution is 2.22. The Hall–Kier alpha value is -2.93. The van der Waals surface area contributed by atoms with Gasteiger partial charge < -0.3 is 4.57 Å². The fourth-order valence-corrected chi connectivity index (χ4v) is 3.25. The van der Waals surface area contributed by atoms with Crippen LogP contribution >= 0.6 is 11.8 Å². The molecular weight excluding hydrogens is 358 g/mol. The number of aromatic nitrogens is 3. The third kappa shape index (κ3) is 4.83. The number of rotatable bonds is 7. The second-order valence-corrected chi connectivity index (χ2v) is 6.78. The number of nitrogens with zero attached hydrogens (tertiary/aromatic N) is 4. The van der Waals surface area contributed by atoms with E-state index in [0.29, 0.717) is 5.16 Å². The first kappa shape index (κ1) is 18.8. The van der Waals surface area contributed by atoms with Gasteiger partial charge in [-0.05, 0) is 12.0 Å². The highest BCUT2D eigenvalue weighted by Gasteiger charge is 2.12. The van der Waals surface area contributed by atoms with Crippen molar-refractivity contribution in [2.75, 3.05) is 5.75 Å². The van der Waals surface area contributed by atoms with Crippen molar-refractivity contribution in [1.29, 1.82) is 0 Å². The van der Waals surface area contributed by atoms with Crippen molar-refractivity contribution < 1.29 is 4.79 Å². The van der Waals surface area contributed by atoms with E-state index in [-0.39, 0.29) is 11.7 Å². The topological polar surface area (TPSA) is 72.2 Å². The number of thioether (sulfide) groups is 1. The summed E-state index contributed by atoms with van der Waals surface area (Å²) in [5.74, 6) is 0.816. The van der Waals surface area contributed by atoms with Crippen molar-refractivity contribution >= 4 is 23.4 Å². The van der Waals surface area contributed by atoms with E-state index < -0.39 is 0 Å². The largest absolute Gasteiger partial charge is 0.305 e. The van der Waals surface area contributed by atoms with Gasteiger partial charge in [0.2, 0.25) is 0 Å². The number of hydrogen-bond donors (Lipinski definition) is 1. The molecule has 6 nitrogen and oxygen atoms in total. The molecule has 0 aliphatic heterocycles. The summed E-state index contributed by atoms with van der Waals surface area (Å²) in [6.45, 7) is 2.01. The zero-order valence-corrected chi connectivity index (χ0v) is 16.1. The van der Waals surface area contributed by atoms with Gasteiger partial charge in [-0.15, -0.1) is 10.2 Å². The van der Waals surface area contributed by atoms with Crippen LogP contribution in [0.5, 0.6) is 0 Å². The molecule has 1 aromatic heterocycles. The molecule has 0 bridgehead atoms. The Morgan fingerprint density at radius 3 is 2.41 bits per heavy atom. The number of nitrogens with one attached hydrogen (secondary N) is 1. The number of hydrazone groups is 1. The van der Waals surface area contributed by atoms with Gasteiger partial charge in [-0.1, -0.05) is 79.3 Å². The molecule has 1 N–H and O–H groups in total. The molecule has 0 saturated heterocycles. The van der Waals surface area contributed by atoms with E-state index in [9.17, 15) is 4.79 Å². The van der Waals surface area contributed by atoms with E-state index in [0.717, 1.165) is 29.1 Å². The van der Waals surface area contributed by atoms with E-state index >= 15 is 0 Å². The van der Waals surface area contributed by atoms with Crippen LogP contribution < -0.4 is 5.43 Å². The second-order valence-electron chi connectivity index (χ2n) is 5.83. The Morgan fingerprint density at radius 1 is 1.07 bits per heavy atom. The molecule has 0 radical (unpaired) electrons. The summed E-state index contributed by atoms with van der Waals surface area (Å²) >= 11 is 1.33. The molecule has 1 heterocycles. The van der Waals surface area contributed by atoms with Gasteiger partial charge in [-0.25, -0.2) is 5.43 Å². The maximum atomic E-state index is 12.2. The fourth-order valence-electron chi connectivity index (χ4n) is 2.55. The predicted octanol–water partition coefficient (Wildman–Crippen LogP) is 3.50. The molecule has 2 aromatic carbocycles. The van der Waals surface area contributed by atoms with E-state index in [1.807, 2.05) is 79.2 Å². The lowest BCUT2D eigenvalue weighted by molar-refractivity contribution is -0.118. The van der Waals surface area contributed by atoms with Crippen LogP contribution in [0.1, 0.15) is 18.9 Å². The van der Waals surface area contributed by atoms with Crippen LogP contribution in [0.3, 0.4) is 0 Å². The number of hydrogen-bond acceptors (Lipinski definition) is 5. The monoisotopic (exact) mass is 379 g/mol. The van der Waals surface area contributed by atoms with Crippen LogP contribution in [-0.4, -0.2) is 32.1 Å². The maximum Gasteiger partial charge on any atom is 0.250 e. The van der Waals surface area contributed by atoms with E-state index in [4.69, 9.17) is 0 Å². The molecule has 0 aliphatic carbocycles. The van der Waals surface area contributed by atoms with Gasteiger partial charge in [0.15, 0.2) is 11.0 Å². The first-order chi connectivity index (χ1) is 13.2. The summed E-state index contributed by atoms with van der Waals surface area (Å²) in [4.78, 5) is 12.2. The summed E-state index contributed by atoms with van der Waals surface area (Å²) in [6.07, 6.45) is 0.737. The first-order valence-electron chi connectivity index (χ1n) is 8.67. The summed E-state index contributed by atoms with van der Waals surface area (Å²) in [5, 5.41) is 13.4. The third-order valence-electron chi connectivity index (χ3n) is 3.96. The Balaban J connectivity index is 1.60. The van der Waals surface area contributed by atoms with Crippen LogP contribution in [-0.2, 0) is 11.8 Å². The minimum absolute atomic E-state index is 0.175. The summed E-state index contributed by atoms with van der Waals surface area (Å²) in [7, 11) is 1.89. The number of amides is 1. The van der Waals surface area contributed by atoms with Crippen molar-refractivity contribution in [1.82, 2.24) is 20.2 Å². The highest BCUT2D eigenvalue weighted by atomic mass is 32.2. The maximum absolute atomic E-state index is 12.2. The molecule has 27 heavy (non-hydrogen) atoms. The Kier molecular flexibility index (Phi) is 6.38. The lowest BCUT2D eigenvalue weighted by Gasteiger charge is -2.05. The molecule has 0 saturated carbocycles. The van der Waals surface area contributed by atoms with Crippen LogP contribution in [0.25, 0.3) is 11.4 Å². The average molecular weight is 379 g/mol. The molecule has 138 valence electrons. The van der Waals surface area contributed by atoms with Crippen LogP contribution in [0.4, 0.5) is 0 Å². The van der Waals surface area contributed by atoms with Crippen molar-refractivity contribution in [3.8, 4) is 11.4 Å². The molecule has 1 amide bonds. The molecule has 0 spiro atoms. The number of carbonyl (C=O) groups excluding carboxylic acids is 1. The minimum atomic E-state index is -0.175. The SMILES string of the molecule is CC/C(=N\NC(=O)CSc1nnc(-c2ccccc2)n1C)c1ccccc1. The van der Waals surface area contributed by atoms with Gasteiger partial charge in [0.1, 0.15) is 0 Å². The standard InChI is InChI=1S/C20H21N5OS/c1-3-17(15-10-6-4-7-11-15)21-22-18(26)14-27-20-24-23-19(25(20)2)16-12-8-5-9-13-16/h4-13H,3,14H2,1-2H3,(H,22,26)/b21-17+. The second kappa shape index (κ2) is 9.14. The molecule has 7 heteroatoms. The smallest absolute Gasteiger partial charge is 0.250 e. The summed E-state index contributed by atoms with van der Waals surface area (Å²) in [6, 6.07) is 19.7. The quantitative estimate of drug-likeness (QED) is 0.387. The number of benzene rings is 2. The van der Waals surface area contributed by atoms with Crippen molar-refractivity contribution in [2.45, 2.75) is 18.5 Å². The first-order valence-corrected chi connectivity index (χ1v) is 9.66. The van der Waals surface area contributed by atoms with Gasteiger partial charge >= 0.3 is 0 Å². The fraction of sp³-hybridized carbons (Fsp3) is 0.200. The van der Waals surface area contributed by atoms with Gasteiger partial charge in [0, 0.05) is 12.6 Å². The van der Waals surface area contributed by atoms with Crippen molar-refractivity contribution in [3.63, 3.8) is 0 Å². The van der Waals surface area contributed by atoms with Crippen LogP contribution in [0.2, 0.25) is 0 Å².